The van der Waals surface area contributed by atoms with Gasteiger partial charge in [0.05, 0.1) is 12.2 Å². The molecule has 0 bridgehead atoms. The molecule has 0 spiro atoms. The number of nitrogens with zero attached hydrogens (tertiary/aromatic N) is 2. The van der Waals surface area contributed by atoms with E-state index < -0.39 is 12.2 Å². The Bertz CT molecular complexity index is 258. The summed E-state index contributed by atoms with van der Waals surface area (Å²) in [4.78, 5) is 0. The van der Waals surface area contributed by atoms with Gasteiger partial charge in [-0.3, -0.25) is 4.68 Å². The third kappa shape index (κ3) is 2.82. The summed E-state index contributed by atoms with van der Waals surface area (Å²) in [5.41, 5.74) is 1.07. The second kappa shape index (κ2) is 4.39. The van der Waals surface area contributed by atoms with Crippen LogP contribution in [0.2, 0.25) is 0 Å². The van der Waals surface area contributed by atoms with Crippen molar-refractivity contribution in [3.63, 3.8) is 0 Å². The first-order valence-electron chi connectivity index (χ1n) is 4.44. The van der Waals surface area contributed by atoms with Crippen molar-refractivity contribution in [1.29, 1.82) is 0 Å². The fraction of sp³-hybridized carbons (Fsp3) is 0.667. The summed E-state index contributed by atoms with van der Waals surface area (Å²) in [6.45, 7) is 1.59. The number of hydrogen-bond acceptors (Lipinski definition) is 3. The highest BCUT2D eigenvalue weighted by molar-refractivity contribution is 5.00. The van der Waals surface area contributed by atoms with Gasteiger partial charge in [0.15, 0.2) is 0 Å². The minimum absolute atomic E-state index is 0.567. The molecule has 2 N–H and O–H groups in total. The highest BCUT2D eigenvalue weighted by Gasteiger charge is 2.11. The predicted octanol–water partition coefficient (Wildman–Crippen LogP) is 0.0944. The highest BCUT2D eigenvalue weighted by atomic mass is 16.3. The third-order valence-corrected chi connectivity index (χ3v) is 2.18. The van der Waals surface area contributed by atoms with Crippen LogP contribution >= 0.6 is 0 Å². The van der Waals surface area contributed by atoms with Crippen LogP contribution < -0.4 is 0 Å². The van der Waals surface area contributed by atoms with Crippen molar-refractivity contribution < 1.29 is 10.2 Å². The van der Waals surface area contributed by atoms with E-state index in [-0.39, 0.29) is 0 Å². The Balaban J connectivity index is 2.39. The van der Waals surface area contributed by atoms with Gasteiger partial charge in [-0.15, -0.1) is 0 Å². The van der Waals surface area contributed by atoms with Crippen LogP contribution in [0.3, 0.4) is 0 Å². The molecule has 0 aliphatic heterocycles. The summed E-state index contributed by atoms with van der Waals surface area (Å²) in [6, 6.07) is 1.91. The standard InChI is InChI=1S/C9H16N2O2/c1-7(12)9(13)4-3-8-5-6-10-11(8)2/h5-7,9,12-13H,3-4H2,1-2H3. The molecule has 0 aliphatic rings. The summed E-state index contributed by atoms with van der Waals surface area (Å²) in [5, 5.41) is 22.4. The van der Waals surface area contributed by atoms with Gasteiger partial charge in [-0.25, -0.2) is 0 Å². The van der Waals surface area contributed by atoms with Crippen molar-refractivity contribution >= 4 is 0 Å². The smallest absolute Gasteiger partial charge is 0.0800 e. The average molecular weight is 184 g/mol. The SMILES string of the molecule is CC(O)C(O)CCc1ccnn1C. The second-order valence-corrected chi connectivity index (χ2v) is 3.29. The van der Waals surface area contributed by atoms with Crippen LogP contribution in [0.1, 0.15) is 19.0 Å². The molecular weight excluding hydrogens is 168 g/mol. The van der Waals surface area contributed by atoms with Crippen LogP contribution in [0.25, 0.3) is 0 Å². The van der Waals surface area contributed by atoms with Crippen LogP contribution in [0.5, 0.6) is 0 Å². The summed E-state index contributed by atoms with van der Waals surface area (Å²) in [5.74, 6) is 0. The first-order chi connectivity index (χ1) is 6.11. The van der Waals surface area contributed by atoms with Gasteiger partial charge >= 0.3 is 0 Å². The molecule has 13 heavy (non-hydrogen) atoms. The average Bonchev–Trinajstić information content (AvgIpc) is 2.47. The third-order valence-electron chi connectivity index (χ3n) is 2.18. The molecule has 4 nitrogen and oxygen atoms in total. The van der Waals surface area contributed by atoms with Crippen molar-refractivity contribution in [2.24, 2.45) is 7.05 Å². The minimum Gasteiger partial charge on any atom is -0.391 e. The molecule has 1 aromatic heterocycles. The molecule has 0 aromatic carbocycles. The van der Waals surface area contributed by atoms with E-state index >= 15 is 0 Å². The molecule has 1 aromatic rings. The molecule has 2 atom stereocenters. The molecule has 0 saturated heterocycles. The molecule has 0 amide bonds. The van der Waals surface area contributed by atoms with Gasteiger partial charge in [-0.2, -0.15) is 5.10 Å². The van der Waals surface area contributed by atoms with Gasteiger partial charge in [0.25, 0.3) is 0 Å². The first-order valence-corrected chi connectivity index (χ1v) is 4.44. The van der Waals surface area contributed by atoms with E-state index in [2.05, 4.69) is 5.10 Å². The number of hydrogen-bond donors (Lipinski definition) is 2. The van der Waals surface area contributed by atoms with Crippen LogP contribution in [0, 0.1) is 0 Å². The largest absolute Gasteiger partial charge is 0.391 e. The van der Waals surface area contributed by atoms with E-state index in [9.17, 15) is 5.11 Å². The highest BCUT2D eigenvalue weighted by Crippen LogP contribution is 2.06. The van der Waals surface area contributed by atoms with Gasteiger partial charge < -0.3 is 10.2 Å². The van der Waals surface area contributed by atoms with Crippen molar-refractivity contribution in [2.75, 3.05) is 0 Å². The zero-order valence-corrected chi connectivity index (χ0v) is 8.01. The second-order valence-electron chi connectivity index (χ2n) is 3.29. The molecule has 1 heterocycles. The molecular formula is C9H16N2O2. The lowest BCUT2D eigenvalue weighted by molar-refractivity contribution is 0.0262. The molecule has 74 valence electrons. The number of aliphatic hydroxyl groups excluding tert-OH is 2. The van der Waals surface area contributed by atoms with E-state index in [1.54, 1.807) is 17.8 Å². The topological polar surface area (TPSA) is 58.3 Å². The Kier molecular flexibility index (Phi) is 3.45. The van der Waals surface area contributed by atoms with Crippen LogP contribution in [-0.4, -0.2) is 32.2 Å². The van der Waals surface area contributed by atoms with Gasteiger partial charge in [0.1, 0.15) is 0 Å². The Labute approximate surface area is 77.8 Å². The van der Waals surface area contributed by atoms with Crippen LogP contribution in [0.4, 0.5) is 0 Å². The first kappa shape index (κ1) is 10.2. The molecule has 0 aliphatic carbocycles. The Morgan fingerprint density at radius 2 is 2.23 bits per heavy atom. The lowest BCUT2D eigenvalue weighted by Gasteiger charge is -2.12. The van der Waals surface area contributed by atoms with Crippen LogP contribution in [0.15, 0.2) is 12.3 Å². The monoisotopic (exact) mass is 184 g/mol. The van der Waals surface area contributed by atoms with Crippen LogP contribution in [-0.2, 0) is 13.5 Å². The number of aromatic nitrogens is 2. The molecule has 1 rings (SSSR count). The fourth-order valence-corrected chi connectivity index (χ4v) is 1.18. The van der Waals surface area contributed by atoms with Gasteiger partial charge in [-0.05, 0) is 25.8 Å². The number of rotatable bonds is 4. The van der Waals surface area contributed by atoms with Gasteiger partial charge in [-0.1, -0.05) is 0 Å². The normalized spacial score (nSPS) is 15.7. The fourth-order valence-electron chi connectivity index (χ4n) is 1.18. The molecule has 2 unspecified atom stereocenters. The van der Waals surface area contributed by atoms with Crippen molar-refractivity contribution in [2.45, 2.75) is 32.0 Å². The maximum atomic E-state index is 9.34. The summed E-state index contributed by atoms with van der Waals surface area (Å²) in [7, 11) is 1.87. The zero-order chi connectivity index (χ0) is 9.84. The maximum Gasteiger partial charge on any atom is 0.0800 e. The molecule has 0 radical (unpaired) electrons. The summed E-state index contributed by atoms with van der Waals surface area (Å²) < 4.78 is 1.77. The van der Waals surface area contributed by atoms with E-state index in [1.807, 2.05) is 13.1 Å². The Morgan fingerprint density at radius 1 is 1.54 bits per heavy atom. The van der Waals surface area contributed by atoms with Gasteiger partial charge in [0.2, 0.25) is 0 Å². The van der Waals surface area contributed by atoms with E-state index in [1.165, 1.54) is 0 Å². The quantitative estimate of drug-likeness (QED) is 0.697. The Morgan fingerprint density at radius 3 is 2.69 bits per heavy atom. The number of aliphatic hydroxyl groups is 2. The summed E-state index contributed by atoms with van der Waals surface area (Å²) >= 11 is 0. The Hall–Kier alpha value is -0.870. The van der Waals surface area contributed by atoms with E-state index in [4.69, 9.17) is 5.11 Å². The summed E-state index contributed by atoms with van der Waals surface area (Å²) in [6.07, 6.45) is 1.73. The maximum absolute atomic E-state index is 9.34. The molecule has 0 saturated carbocycles. The molecule has 4 heteroatoms. The minimum atomic E-state index is -0.659. The van der Waals surface area contributed by atoms with E-state index in [0.717, 1.165) is 12.1 Å². The molecule has 0 fully saturated rings. The number of aryl methyl sites for hydroxylation is 2. The van der Waals surface area contributed by atoms with Crippen molar-refractivity contribution in [3.8, 4) is 0 Å². The van der Waals surface area contributed by atoms with Crippen molar-refractivity contribution in [1.82, 2.24) is 9.78 Å². The predicted molar refractivity (Wildman–Crippen MR) is 49.2 cm³/mol. The lowest BCUT2D eigenvalue weighted by atomic mass is 10.1. The van der Waals surface area contributed by atoms with Crippen molar-refractivity contribution in [3.05, 3.63) is 18.0 Å². The van der Waals surface area contributed by atoms with E-state index in [0.29, 0.717) is 6.42 Å². The zero-order valence-electron chi connectivity index (χ0n) is 8.01. The van der Waals surface area contributed by atoms with Gasteiger partial charge in [0, 0.05) is 18.9 Å². The lowest BCUT2D eigenvalue weighted by Crippen LogP contribution is -2.23.